The zero-order valence-electron chi connectivity index (χ0n) is 58.3. The predicted molar refractivity (Wildman–Crippen MR) is 427 cm³/mol. The first-order valence-corrected chi connectivity index (χ1v) is 37.4. The van der Waals surface area contributed by atoms with E-state index in [2.05, 4.69) is 328 Å². The second-order valence-electron chi connectivity index (χ2n) is 31.7. The maximum atomic E-state index is 2.62. The second kappa shape index (κ2) is 21.1. The molecule has 6 aliphatic carbocycles. The van der Waals surface area contributed by atoms with Crippen LogP contribution in [0.15, 0.2) is 291 Å². The summed E-state index contributed by atoms with van der Waals surface area (Å²) in [5.41, 5.74) is 42.8. The number of aromatic nitrogens is 2. The van der Waals surface area contributed by atoms with E-state index in [-0.39, 0.29) is 21.7 Å². The van der Waals surface area contributed by atoms with E-state index in [1.54, 1.807) is 0 Å². The summed E-state index contributed by atoms with van der Waals surface area (Å²) in [4.78, 5) is 0. The zero-order valence-corrected chi connectivity index (χ0v) is 58.3. The van der Waals surface area contributed by atoms with Crippen molar-refractivity contribution >= 4 is 43.6 Å². The molecule has 2 heterocycles. The predicted octanol–water partition coefficient (Wildman–Crippen LogP) is 26.5. The van der Waals surface area contributed by atoms with Crippen molar-refractivity contribution in [3.63, 3.8) is 0 Å². The highest BCUT2D eigenvalue weighted by atomic mass is 15.0. The summed E-state index contributed by atoms with van der Waals surface area (Å²) in [7, 11) is 0. The standard InChI is InChI=1S/C100H76N2/c1-97(2)85-21-9-5-17-73(85)75-45-39-71(59-87(75)97)101-93-23-11-7-19-81(93)83-53-65(37-47-95(83)101)61-25-29-63(30-26-61)67-33-41-77-79-43-35-69(57-91(79)99(89(77)55-67)49-13-14-50-99)70-36-44-80-78-42-34-68(56-90(78)100(92(80)58-70)51-15-16-52-100)64-31-27-62(28-32-64)66-38-48-96-84(54-66)82-20-8-12-24-94(82)102(96)72-40-46-76-74-18-6-10-22-86(74)98(3,4)88(76)60-72/h5-12,17-48,53-60H,13-16,49-52H2,1-4H3. The average Bonchev–Trinajstić information content (AvgIpc) is 1.57. The molecule has 0 atom stereocenters. The van der Waals surface area contributed by atoms with E-state index in [4.69, 9.17) is 0 Å². The van der Waals surface area contributed by atoms with Crippen LogP contribution in [0.25, 0.3) is 155 Å². The van der Waals surface area contributed by atoms with Crippen LogP contribution < -0.4 is 0 Å². The lowest BCUT2D eigenvalue weighted by molar-refractivity contribution is 0.549. The molecule has 2 saturated carbocycles. The highest BCUT2D eigenvalue weighted by Gasteiger charge is 2.48. The van der Waals surface area contributed by atoms with Gasteiger partial charge >= 0.3 is 0 Å². The third kappa shape index (κ3) is 8.07. The van der Waals surface area contributed by atoms with Crippen molar-refractivity contribution < 1.29 is 0 Å². The Bertz CT molecular complexity index is 5920. The lowest BCUT2D eigenvalue weighted by Crippen LogP contribution is -2.21. The van der Waals surface area contributed by atoms with Crippen molar-refractivity contribution in [1.82, 2.24) is 9.13 Å². The van der Waals surface area contributed by atoms with Crippen LogP contribution in [-0.2, 0) is 21.7 Å². The van der Waals surface area contributed by atoms with Crippen LogP contribution in [0.5, 0.6) is 0 Å². The molecular formula is C100H76N2. The minimum atomic E-state index is -0.0682. The van der Waals surface area contributed by atoms with E-state index < -0.39 is 0 Å². The number of nitrogens with zero attached hydrogens (tertiary/aromatic N) is 2. The molecule has 0 aliphatic heterocycles. The number of benzene rings is 14. The smallest absolute Gasteiger partial charge is 0.0541 e. The van der Waals surface area contributed by atoms with Crippen molar-refractivity contribution in [3.05, 3.63) is 336 Å². The van der Waals surface area contributed by atoms with Gasteiger partial charge < -0.3 is 9.13 Å². The van der Waals surface area contributed by atoms with Gasteiger partial charge in [0, 0.05) is 54.6 Å². The SMILES string of the molecule is CC1(C)c2ccccc2-c2ccc(-n3c4ccccc4c4cc(-c5ccc(-c6ccc7c(c6)C6(CCCC6)c6cc(-c8ccc9c(c8)C8(CCCC8)c8cc(-c%10ccc(-c%11ccc%12c(c%11)c%11ccccc%11n%12-c%11ccc%12c(c%11)C(C)(C)c%11ccccc%11-%12)cc%10)ccc8-9)ccc6-7)cc5)ccc43)cc21. The molecule has 6 aliphatic rings. The van der Waals surface area contributed by atoms with Crippen LogP contribution in [0.2, 0.25) is 0 Å². The quantitative estimate of drug-likeness (QED) is 0.151. The van der Waals surface area contributed by atoms with Crippen molar-refractivity contribution in [2.45, 2.75) is 101 Å². The Morgan fingerprint density at radius 2 is 0.471 bits per heavy atom. The normalized spacial score (nSPS) is 16.2. The van der Waals surface area contributed by atoms with Crippen molar-refractivity contribution in [2.24, 2.45) is 0 Å². The number of fused-ring (bicyclic) bond motifs is 22. The summed E-state index contributed by atoms with van der Waals surface area (Å²) in [5.74, 6) is 0. The van der Waals surface area contributed by atoms with Gasteiger partial charge in [-0.25, -0.2) is 0 Å². The fourth-order valence-electron chi connectivity index (χ4n) is 21.0. The van der Waals surface area contributed by atoms with Crippen LogP contribution in [0.4, 0.5) is 0 Å². The molecular weight excluding hydrogens is 1230 g/mol. The molecule has 14 aromatic carbocycles. The van der Waals surface area contributed by atoms with Gasteiger partial charge in [-0.2, -0.15) is 0 Å². The zero-order chi connectivity index (χ0) is 67.5. The van der Waals surface area contributed by atoms with Crippen LogP contribution in [0.1, 0.15) is 124 Å². The van der Waals surface area contributed by atoms with E-state index >= 15 is 0 Å². The first-order chi connectivity index (χ1) is 50.0. The molecule has 22 rings (SSSR count). The average molecular weight is 1310 g/mol. The molecule has 2 fully saturated rings. The Morgan fingerprint density at radius 3 is 0.843 bits per heavy atom. The fraction of sp³-hybridized carbons (Fsp3) is 0.160. The summed E-state index contributed by atoms with van der Waals surface area (Å²) < 4.78 is 4.95. The van der Waals surface area contributed by atoms with Crippen LogP contribution in [0, 0.1) is 0 Å². The van der Waals surface area contributed by atoms with Gasteiger partial charge in [-0.05, 0) is 255 Å². The Hall–Kier alpha value is -11.3. The molecule has 2 spiro atoms. The summed E-state index contributed by atoms with van der Waals surface area (Å²) in [6.07, 6.45) is 9.80. The van der Waals surface area contributed by atoms with Crippen LogP contribution in [-0.4, -0.2) is 9.13 Å². The first-order valence-electron chi connectivity index (χ1n) is 37.4. The van der Waals surface area contributed by atoms with Gasteiger partial charge in [0.15, 0.2) is 0 Å². The highest BCUT2D eigenvalue weighted by molar-refractivity contribution is 6.12. The number of hydrogen-bond acceptors (Lipinski definition) is 0. The molecule has 0 saturated heterocycles. The van der Waals surface area contributed by atoms with E-state index in [0.717, 1.165) is 0 Å². The van der Waals surface area contributed by atoms with Crippen molar-refractivity contribution in [1.29, 1.82) is 0 Å². The molecule has 2 aromatic heterocycles. The Morgan fingerprint density at radius 1 is 0.206 bits per heavy atom. The summed E-state index contributed by atoms with van der Waals surface area (Å²) in [6, 6.07) is 113. The lowest BCUT2D eigenvalue weighted by Gasteiger charge is -2.28. The third-order valence-electron chi connectivity index (χ3n) is 26.1. The van der Waals surface area contributed by atoms with Crippen LogP contribution in [0.3, 0.4) is 0 Å². The maximum absolute atomic E-state index is 2.62. The molecule has 16 aromatic rings. The minimum absolute atomic E-state index is 0.0193. The molecule has 486 valence electrons. The van der Waals surface area contributed by atoms with Gasteiger partial charge in [0.05, 0.1) is 22.1 Å². The Balaban J connectivity index is 0.538. The number of hydrogen-bond donors (Lipinski definition) is 0. The van der Waals surface area contributed by atoms with Gasteiger partial charge in [-0.15, -0.1) is 0 Å². The van der Waals surface area contributed by atoms with Crippen LogP contribution >= 0.6 is 0 Å². The summed E-state index contributed by atoms with van der Waals surface area (Å²) in [6.45, 7) is 9.49. The summed E-state index contributed by atoms with van der Waals surface area (Å²) >= 11 is 0. The molecule has 0 N–H and O–H groups in total. The van der Waals surface area contributed by atoms with Gasteiger partial charge in [0.1, 0.15) is 0 Å². The minimum Gasteiger partial charge on any atom is -0.309 e. The topological polar surface area (TPSA) is 9.86 Å². The van der Waals surface area contributed by atoms with Gasteiger partial charge in [-0.1, -0.05) is 260 Å². The fourth-order valence-corrected chi connectivity index (χ4v) is 21.0. The third-order valence-corrected chi connectivity index (χ3v) is 26.1. The number of para-hydroxylation sites is 2. The van der Waals surface area contributed by atoms with E-state index in [0.29, 0.717) is 0 Å². The molecule has 2 nitrogen and oxygen atoms in total. The van der Waals surface area contributed by atoms with Crippen molar-refractivity contribution in [2.75, 3.05) is 0 Å². The number of rotatable bonds is 7. The van der Waals surface area contributed by atoms with Gasteiger partial charge in [0.25, 0.3) is 0 Å². The largest absolute Gasteiger partial charge is 0.309 e. The Labute approximate surface area is 596 Å². The molecule has 2 heteroatoms. The molecule has 102 heavy (non-hydrogen) atoms. The van der Waals surface area contributed by atoms with E-state index in [1.165, 1.54) is 251 Å². The molecule has 0 amide bonds. The molecule has 0 radical (unpaired) electrons. The van der Waals surface area contributed by atoms with Gasteiger partial charge in [-0.3, -0.25) is 0 Å². The first kappa shape index (κ1) is 58.5. The lowest BCUT2D eigenvalue weighted by atomic mass is 9.75. The van der Waals surface area contributed by atoms with Crippen molar-refractivity contribution in [3.8, 4) is 112 Å². The van der Waals surface area contributed by atoms with E-state index in [9.17, 15) is 0 Å². The Kier molecular flexibility index (Phi) is 12.1. The monoisotopic (exact) mass is 1300 g/mol. The second-order valence-corrected chi connectivity index (χ2v) is 31.7. The molecule has 0 unspecified atom stereocenters. The highest BCUT2D eigenvalue weighted by Crippen LogP contribution is 2.61. The summed E-state index contributed by atoms with van der Waals surface area (Å²) in [5, 5.41) is 5.11. The van der Waals surface area contributed by atoms with E-state index in [1.807, 2.05) is 0 Å². The maximum Gasteiger partial charge on any atom is 0.0541 e. The molecule has 0 bridgehead atoms. The van der Waals surface area contributed by atoms with Gasteiger partial charge in [0.2, 0.25) is 0 Å².